The smallest absolute Gasteiger partial charge is 0.227 e. The molecule has 1 aromatic carbocycles. The second kappa shape index (κ2) is 8.03. The Hall–Kier alpha value is -1.55. The van der Waals surface area contributed by atoms with E-state index < -0.39 is 5.41 Å². The van der Waals surface area contributed by atoms with Crippen molar-refractivity contribution < 1.29 is 9.53 Å². The lowest BCUT2D eigenvalue weighted by Gasteiger charge is -2.28. The van der Waals surface area contributed by atoms with Crippen LogP contribution < -0.4 is 15.8 Å². The molecule has 0 spiro atoms. The second-order valence-corrected chi connectivity index (χ2v) is 5.42. The summed E-state index contributed by atoms with van der Waals surface area (Å²) < 4.78 is 5.64. The molecule has 1 aromatic rings. The molecule has 0 aliphatic rings. The summed E-state index contributed by atoms with van der Waals surface area (Å²) in [6.07, 6.45) is 1.50. The number of amides is 1. The van der Waals surface area contributed by atoms with Gasteiger partial charge in [0.2, 0.25) is 5.91 Å². The number of hydrogen-bond acceptors (Lipinski definition) is 3. The first-order chi connectivity index (χ1) is 10.0. The molecule has 3 N–H and O–H groups in total. The van der Waals surface area contributed by atoms with Crippen LogP contribution in [0.5, 0.6) is 5.75 Å². The van der Waals surface area contributed by atoms with Crippen molar-refractivity contribution in [3.8, 4) is 5.75 Å². The van der Waals surface area contributed by atoms with E-state index in [1.54, 1.807) is 0 Å². The topological polar surface area (TPSA) is 64.3 Å². The molecule has 0 fully saturated rings. The minimum Gasteiger partial charge on any atom is -0.494 e. The van der Waals surface area contributed by atoms with Crippen molar-refractivity contribution in [2.24, 2.45) is 11.1 Å². The average molecular weight is 292 g/mol. The van der Waals surface area contributed by atoms with Gasteiger partial charge in [-0.1, -0.05) is 26.0 Å². The van der Waals surface area contributed by atoms with Crippen LogP contribution in [0.2, 0.25) is 0 Å². The Morgan fingerprint density at radius 1 is 1.29 bits per heavy atom. The zero-order valence-electron chi connectivity index (χ0n) is 13.7. The van der Waals surface area contributed by atoms with Crippen molar-refractivity contribution in [3.63, 3.8) is 0 Å². The minimum atomic E-state index is -0.462. The van der Waals surface area contributed by atoms with E-state index >= 15 is 0 Å². The van der Waals surface area contributed by atoms with Crippen LogP contribution in [0.25, 0.3) is 0 Å². The summed E-state index contributed by atoms with van der Waals surface area (Å²) in [5.74, 6) is 0.863. The molecule has 0 heterocycles. The predicted molar refractivity (Wildman–Crippen MR) is 86.3 cm³/mol. The number of aryl methyl sites for hydroxylation is 1. The summed E-state index contributed by atoms with van der Waals surface area (Å²) in [7, 11) is 0. The number of carbonyl (C=O) groups excluding carboxylic acids is 1. The zero-order chi connectivity index (χ0) is 15.9. The highest BCUT2D eigenvalue weighted by molar-refractivity contribution is 5.82. The van der Waals surface area contributed by atoms with E-state index in [-0.39, 0.29) is 5.91 Å². The lowest BCUT2D eigenvalue weighted by Crippen LogP contribution is -2.45. The van der Waals surface area contributed by atoms with E-state index in [0.717, 1.165) is 29.7 Å². The number of rotatable bonds is 8. The summed E-state index contributed by atoms with van der Waals surface area (Å²) in [4.78, 5) is 12.4. The Morgan fingerprint density at radius 3 is 2.48 bits per heavy atom. The molecule has 0 aliphatic carbocycles. The van der Waals surface area contributed by atoms with Crippen LogP contribution in [-0.4, -0.2) is 19.1 Å². The third-order valence-electron chi connectivity index (χ3n) is 4.19. The number of nitrogens with two attached hydrogens (primary N) is 1. The highest BCUT2D eigenvalue weighted by Crippen LogP contribution is 2.26. The largest absolute Gasteiger partial charge is 0.494 e. The Balaban J connectivity index is 2.81. The van der Waals surface area contributed by atoms with Crippen molar-refractivity contribution >= 4 is 5.91 Å². The van der Waals surface area contributed by atoms with E-state index in [1.165, 1.54) is 0 Å². The fraction of sp³-hybridized carbons (Fsp3) is 0.588. The molecule has 118 valence electrons. The number of benzene rings is 1. The highest BCUT2D eigenvalue weighted by Gasteiger charge is 2.33. The maximum Gasteiger partial charge on any atom is 0.227 e. The van der Waals surface area contributed by atoms with E-state index in [2.05, 4.69) is 5.32 Å². The molecule has 0 bridgehead atoms. The predicted octanol–water partition coefficient (Wildman–Crippen LogP) is 2.78. The Morgan fingerprint density at radius 2 is 1.95 bits per heavy atom. The molecule has 4 nitrogen and oxygen atoms in total. The van der Waals surface area contributed by atoms with Gasteiger partial charge in [-0.3, -0.25) is 4.79 Å². The van der Waals surface area contributed by atoms with Crippen molar-refractivity contribution in [3.05, 3.63) is 29.3 Å². The standard InChI is InChI=1S/C17H28N2O2/c1-5-17(6-2,12-18)16(20)19-11-14-9-8-13(4)10-15(14)21-7-3/h8-10H,5-7,11-12,18H2,1-4H3,(H,19,20). The van der Waals surface area contributed by atoms with Crippen LogP contribution in [0, 0.1) is 12.3 Å². The fourth-order valence-electron chi connectivity index (χ4n) is 2.41. The second-order valence-electron chi connectivity index (χ2n) is 5.42. The molecule has 4 heteroatoms. The highest BCUT2D eigenvalue weighted by atomic mass is 16.5. The van der Waals surface area contributed by atoms with Gasteiger partial charge in [-0.15, -0.1) is 0 Å². The van der Waals surface area contributed by atoms with Gasteiger partial charge in [-0.25, -0.2) is 0 Å². The van der Waals surface area contributed by atoms with Gasteiger partial charge >= 0.3 is 0 Å². The average Bonchev–Trinajstić information content (AvgIpc) is 2.49. The fourth-order valence-corrected chi connectivity index (χ4v) is 2.41. The van der Waals surface area contributed by atoms with Gasteiger partial charge in [0.15, 0.2) is 0 Å². The first-order valence-electron chi connectivity index (χ1n) is 7.73. The molecule has 0 aromatic heterocycles. The lowest BCUT2D eigenvalue weighted by molar-refractivity contribution is -0.131. The van der Waals surface area contributed by atoms with Crippen LogP contribution in [0.3, 0.4) is 0 Å². The van der Waals surface area contributed by atoms with E-state index in [9.17, 15) is 4.79 Å². The van der Waals surface area contributed by atoms with Crippen LogP contribution in [-0.2, 0) is 11.3 Å². The molecule has 0 radical (unpaired) electrons. The molecule has 0 aliphatic heterocycles. The van der Waals surface area contributed by atoms with Crippen molar-refractivity contribution in [1.29, 1.82) is 0 Å². The van der Waals surface area contributed by atoms with Gasteiger partial charge in [0.1, 0.15) is 5.75 Å². The first-order valence-corrected chi connectivity index (χ1v) is 7.73. The van der Waals surface area contributed by atoms with E-state index in [0.29, 0.717) is 19.7 Å². The Labute approximate surface area is 128 Å². The zero-order valence-corrected chi connectivity index (χ0v) is 13.7. The minimum absolute atomic E-state index is 0.0259. The normalized spacial score (nSPS) is 11.3. The van der Waals surface area contributed by atoms with Crippen LogP contribution >= 0.6 is 0 Å². The first kappa shape index (κ1) is 17.5. The van der Waals surface area contributed by atoms with Crippen molar-refractivity contribution in [2.75, 3.05) is 13.2 Å². The number of ether oxygens (including phenoxy) is 1. The maximum absolute atomic E-state index is 12.4. The monoisotopic (exact) mass is 292 g/mol. The third-order valence-corrected chi connectivity index (χ3v) is 4.19. The van der Waals surface area contributed by atoms with Gasteiger partial charge in [-0.2, -0.15) is 0 Å². The molecular formula is C17H28N2O2. The molecule has 1 amide bonds. The van der Waals surface area contributed by atoms with Crippen molar-refractivity contribution in [2.45, 2.75) is 47.1 Å². The summed E-state index contributed by atoms with van der Waals surface area (Å²) in [5, 5.41) is 3.01. The number of hydrogen-bond donors (Lipinski definition) is 2. The summed E-state index contributed by atoms with van der Waals surface area (Å²) >= 11 is 0. The Kier molecular flexibility index (Phi) is 6.69. The molecule has 0 saturated carbocycles. The summed E-state index contributed by atoms with van der Waals surface area (Å²) in [6.45, 7) is 9.45. The van der Waals surface area contributed by atoms with E-state index in [1.807, 2.05) is 45.9 Å². The van der Waals surface area contributed by atoms with Gasteiger partial charge < -0.3 is 15.8 Å². The van der Waals surface area contributed by atoms with Gasteiger partial charge in [-0.05, 0) is 38.3 Å². The van der Waals surface area contributed by atoms with Gasteiger partial charge in [0, 0.05) is 18.7 Å². The molecular weight excluding hydrogens is 264 g/mol. The molecule has 0 atom stereocenters. The molecule has 1 rings (SSSR count). The quantitative estimate of drug-likeness (QED) is 0.774. The Bertz CT molecular complexity index is 460. The SMILES string of the molecule is CCOc1cc(C)ccc1CNC(=O)C(CC)(CC)CN. The number of nitrogens with one attached hydrogen (secondary N) is 1. The molecule has 0 unspecified atom stereocenters. The van der Waals surface area contributed by atoms with E-state index in [4.69, 9.17) is 10.5 Å². The van der Waals surface area contributed by atoms with Crippen LogP contribution in [0.4, 0.5) is 0 Å². The van der Waals surface area contributed by atoms with Crippen molar-refractivity contribution in [1.82, 2.24) is 5.32 Å². The maximum atomic E-state index is 12.4. The molecule has 21 heavy (non-hydrogen) atoms. The van der Waals surface area contributed by atoms with Crippen LogP contribution in [0.15, 0.2) is 18.2 Å². The van der Waals surface area contributed by atoms with Crippen LogP contribution in [0.1, 0.15) is 44.7 Å². The lowest BCUT2D eigenvalue weighted by atomic mass is 9.81. The summed E-state index contributed by atoms with van der Waals surface area (Å²) in [6, 6.07) is 6.03. The van der Waals surface area contributed by atoms with Gasteiger partial charge in [0.25, 0.3) is 0 Å². The van der Waals surface area contributed by atoms with Gasteiger partial charge in [0.05, 0.1) is 12.0 Å². The molecule has 0 saturated heterocycles. The third kappa shape index (κ3) is 4.21. The number of carbonyl (C=O) groups is 1. The summed E-state index contributed by atoms with van der Waals surface area (Å²) in [5.41, 5.74) is 7.49.